The van der Waals surface area contributed by atoms with Gasteiger partial charge in [0.1, 0.15) is 0 Å². The normalized spacial score (nSPS) is 27.8. The lowest BCUT2D eigenvalue weighted by atomic mass is 10.1. The summed E-state index contributed by atoms with van der Waals surface area (Å²) < 4.78 is 0.317. The number of nitrogens with zero attached hydrogens (tertiary/aromatic N) is 1. The lowest BCUT2D eigenvalue weighted by molar-refractivity contribution is 0.615. The maximum absolute atomic E-state index is 5.34. The lowest BCUT2D eigenvalue weighted by Crippen LogP contribution is -2.42. The maximum atomic E-state index is 5.34. The van der Waals surface area contributed by atoms with Crippen LogP contribution in [0, 0.1) is 0 Å². The van der Waals surface area contributed by atoms with Crippen LogP contribution in [0.25, 0.3) is 0 Å². The Morgan fingerprint density at radius 1 is 1.64 bits per heavy atom. The minimum Gasteiger partial charge on any atom is -0.356 e. The molecule has 0 amide bonds. The molecule has 14 heavy (non-hydrogen) atoms. The molecular formula is C9H20N4S. The third-order valence-electron chi connectivity index (χ3n) is 2.35. The summed E-state index contributed by atoms with van der Waals surface area (Å²) in [6.45, 7) is 5.98. The fourth-order valence-electron chi connectivity index (χ4n) is 1.53. The summed E-state index contributed by atoms with van der Waals surface area (Å²) >= 11 is 2.01. The highest BCUT2D eigenvalue weighted by Gasteiger charge is 2.29. The van der Waals surface area contributed by atoms with E-state index in [4.69, 9.17) is 5.84 Å². The number of hydrogen-bond donors (Lipinski definition) is 3. The Bertz CT molecular complexity index is 199. The first kappa shape index (κ1) is 11.7. The molecule has 0 spiro atoms. The molecule has 1 heterocycles. The van der Waals surface area contributed by atoms with Crippen molar-refractivity contribution in [2.45, 2.75) is 31.4 Å². The molecule has 0 aromatic carbocycles. The van der Waals surface area contributed by atoms with E-state index in [0.717, 1.165) is 13.1 Å². The number of hydrazine groups is 1. The van der Waals surface area contributed by atoms with Gasteiger partial charge in [-0.3, -0.25) is 10.4 Å². The number of thioether (sulfide) groups is 1. The molecule has 1 aliphatic rings. The van der Waals surface area contributed by atoms with Gasteiger partial charge in [0.25, 0.3) is 0 Å². The van der Waals surface area contributed by atoms with E-state index in [-0.39, 0.29) is 0 Å². The molecule has 1 aliphatic heterocycles. The van der Waals surface area contributed by atoms with Crippen LogP contribution in [-0.4, -0.2) is 29.5 Å². The van der Waals surface area contributed by atoms with Crippen molar-refractivity contribution in [3.63, 3.8) is 0 Å². The van der Waals surface area contributed by atoms with Crippen LogP contribution in [-0.2, 0) is 0 Å². The molecule has 1 atom stereocenters. The summed E-state index contributed by atoms with van der Waals surface area (Å²) in [7, 11) is 0. The number of hydrogen-bond acceptors (Lipinski definition) is 3. The number of rotatable bonds is 3. The quantitative estimate of drug-likeness (QED) is 0.281. The van der Waals surface area contributed by atoms with Gasteiger partial charge in [0.15, 0.2) is 0 Å². The largest absolute Gasteiger partial charge is 0.356 e. The van der Waals surface area contributed by atoms with Crippen molar-refractivity contribution >= 4 is 17.7 Å². The van der Waals surface area contributed by atoms with Crippen molar-refractivity contribution in [3.05, 3.63) is 0 Å². The first-order chi connectivity index (χ1) is 6.70. The highest BCUT2D eigenvalue weighted by molar-refractivity contribution is 8.00. The summed E-state index contributed by atoms with van der Waals surface area (Å²) in [4.78, 5) is 4.43. The molecular weight excluding hydrogens is 196 g/mol. The van der Waals surface area contributed by atoms with Gasteiger partial charge in [-0.05, 0) is 32.4 Å². The molecule has 1 rings (SSSR count). The smallest absolute Gasteiger partial charge is 0.205 e. The minimum atomic E-state index is 0.317. The van der Waals surface area contributed by atoms with Crippen molar-refractivity contribution in [1.82, 2.24) is 10.7 Å². The van der Waals surface area contributed by atoms with Gasteiger partial charge in [-0.1, -0.05) is 0 Å². The summed E-state index contributed by atoms with van der Waals surface area (Å²) in [5.41, 5.74) is 2.57. The Labute approximate surface area is 90.1 Å². The van der Waals surface area contributed by atoms with E-state index >= 15 is 0 Å². The third-order valence-corrected chi connectivity index (χ3v) is 3.88. The number of nitrogens with two attached hydrogens (primary N) is 1. The molecule has 0 bridgehead atoms. The average Bonchev–Trinajstić information content (AvgIpc) is 2.60. The molecule has 4 N–H and O–H groups in total. The number of nitrogens with one attached hydrogen (secondary N) is 2. The molecule has 0 radical (unpaired) electrons. The predicted octanol–water partition coefficient (Wildman–Crippen LogP) is 0.701. The molecule has 82 valence electrons. The first-order valence-corrected chi connectivity index (χ1v) is 6.07. The van der Waals surface area contributed by atoms with Crippen molar-refractivity contribution in [2.75, 3.05) is 18.8 Å². The fourth-order valence-corrected chi connectivity index (χ4v) is 2.75. The molecule has 0 aromatic rings. The Morgan fingerprint density at radius 3 is 2.93 bits per heavy atom. The van der Waals surface area contributed by atoms with Gasteiger partial charge in [0.2, 0.25) is 5.96 Å². The monoisotopic (exact) mass is 216 g/mol. The van der Waals surface area contributed by atoms with Crippen LogP contribution >= 0.6 is 11.8 Å². The Hall–Kier alpha value is -0.420. The minimum absolute atomic E-state index is 0.317. The van der Waals surface area contributed by atoms with Gasteiger partial charge >= 0.3 is 0 Å². The van der Waals surface area contributed by atoms with E-state index in [0.29, 0.717) is 10.7 Å². The summed E-state index contributed by atoms with van der Waals surface area (Å²) in [5, 5.41) is 3.08. The van der Waals surface area contributed by atoms with E-state index in [1.54, 1.807) is 0 Å². The van der Waals surface area contributed by atoms with Crippen LogP contribution in [0.1, 0.15) is 26.7 Å². The van der Waals surface area contributed by atoms with Gasteiger partial charge in [0, 0.05) is 11.3 Å². The number of guanidine groups is 1. The second-order valence-electron chi connectivity index (χ2n) is 3.74. The molecule has 0 aliphatic carbocycles. The summed E-state index contributed by atoms with van der Waals surface area (Å²) in [6, 6.07) is 0. The van der Waals surface area contributed by atoms with Crippen molar-refractivity contribution in [1.29, 1.82) is 0 Å². The van der Waals surface area contributed by atoms with Gasteiger partial charge in [-0.25, -0.2) is 5.84 Å². The van der Waals surface area contributed by atoms with E-state index in [1.165, 1.54) is 18.6 Å². The standard InChI is InChI=1S/C9H20N4S/c1-3-11-8(13-10)12-7-9(2)5-4-6-14-9/h3-7,10H2,1-2H3,(H2,11,12,13). The molecule has 0 saturated carbocycles. The van der Waals surface area contributed by atoms with Crippen LogP contribution in [0.3, 0.4) is 0 Å². The topological polar surface area (TPSA) is 62.4 Å². The molecule has 1 saturated heterocycles. The molecule has 4 nitrogen and oxygen atoms in total. The van der Waals surface area contributed by atoms with Gasteiger partial charge in [0.05, 0.1) is 6.54 Å². The zero-order chi connectivity index (χ0) is 10.4. The Kier molecular flexibility index (Phi) is 4.54. The van der Waals surface area contributed by atoms with Crippen LogP contribution in [0.2, 0.25) is 0 Å². The highest BCUT2D eigenvalue weighted by Crippen LogP contribution is 2.37. The zero-order valence-corrected chi connectivity index (χ0v) is 9.78. The van der Waals surface area contributed by atoms with Crippen molar-refractivity contribution in [2.24, 2.45) is 10.8 Å². The third kappa shape index (κ3) is 3.38. The SMILES string of the molecule is CCNC(=NCC1(C)CCCS1)NN. The Morgan fingerprint density at radius 2 is 2.43 bits per heavy atom. The summed E-state index contributed by atoms with van der Waals surface area (Å²) in [6.07, 6.45) is 2.56. The summed E-state index contributed by atoms with van der Waals surface area (Å²) in [5.74, 6) is 7.29. The average molecular weight is 216 g/mol. The maximum Gasteiger partial charge on any atom is 0.205 e. The lowest BCUT2D eigenvalue weighted by Gasteiger charge is -2.20. The van der Waals surface area contributed by atoms with E-state index in [1.807, 2.05) is 18.7 Å². The highest BCUT2D eigenvalue weighted by atomic mass is 32.2. The molecule has 5 heteroatoms. The fraction of sp³-hybridized carbons (Fsp3) is 0.889. The zero-order valence-electron chi connectivity index (χ0n) is 8.97. The van der Waals surface area contributed by atoms with Crippen LogP contribution in [0.5, 0.6) is 0 Å². The van der Waals surface area contributed by atoms with Crippen LogP contribution < -0.4 is 16.6 Å². The van der Waals surface area contributed by atoms with Crippen LogP contribution in [0.15, 0.2) is 4.99 Å². The van der Waals surface area contributed by atoms with E-state index in [2.05, 4.69) is 22.7 Å². The second-order valence-corrected chi connectivity index (χ2v) is 5.42. The van der Waals surface area contributed by atoms with Gasteiger partial charge in [-0.15, -0.1) is 0 Å². The molecule has 1 fully saturated rings. The predicted molar refractivity (Wildman–Crippen MR) is 63.4 cm³/mol. The van der Waals surface area contributed by atoms with E-state index < -0.39 is 0 Å². The number of aliphatic imine (C=N–C) groups is 1. The van der Waals surface area contributed by atoms with Crippen LogP contribution in [0.4, 0.5) is 0 Å². The van der Waals surface area contributed by atoms with Crippen molar-refractivity contribution < 1.29 is 0 Å². The molecule has 1 unspecified atom stereocenters. The van der Waals surface area contributed by atoms with Crippen molar-refractivity contribution in [3.8, 4) is 0 Å². The van der Waals surface area contributed by atoms with Gasteiger partial charge in [-0.2, -0.15) is 11.8 Å². The molecule has 0 aromatic heterocycles. The first-order valence-electron chi connectivity index (χ1n) is 5.09. The van der Waals surface area contributed by atoms with Gasteiger partial charge < -0.3 is 5.32 Å². The second kappa shape index (κ2) is 5.46. The Balaban J connectivity index is 2.42. The van der Waals surface area contributed by atoms with E-state index in [9.17, 15) is 0 Å².